The van der Waals surface area contributed by atoms with Gasteiger partial charge in [0.25, 0.3) is 0 Å². The lowest BCUT2D eigenvalue weighted by Crippen LogP contribution is -2.12. The van der Waals surface area contributed by atoms with E-state index in [1.807, 2.05) is 22.1 Å². The summed E-state index contributed by atoms with van der Waals surface area (Å²) in [6.45, 7) is 2.41. The number of carboxylic acid groups (broad SMARTS) is 2. The van der Waals surface area contributed by atoms with Crippen LogP contribution in [-0.2, 0) is 24.2 Å². The molecule has 0 atom stereocenters. The quantitative estimate of drug-likeness (QED) is 0.459. The van der Waals surface area contributed by atoms with Crippen molar-refractivity contribution in [2.24, 2.45) is 0 Å². The molecule has 2 N–H and O–H groups in total. The predicted molar refractivity (Wildman–Crippen MR) is 117 cm³/mol. The molecule has 6 nitrogen and oxygen atoms in total. The zero-order valence-corrected chi connectivity index (χ0v) is 17.6. The molecule has 30 heavy (non-hydrogen) atoms. The van der Waals surface area contributed by atoms with E-state index in [2.05, 4.69) is 11.9 Å². The number of thiophene rings is 1. The van der Waals surface area contributed by atoms with Gasteiger partial charge in [-0.05, 0) is 35.6 Å². The molecule has 156 valence electrons. The molecule has 0 fully saturated rings. The Morgan fingerprint density at radius 3 is 2.63 bits per heavy atom. The summed E-state index contributed by atoms with van der Waals surface area (Å²) in [5.41, 5.74) is 1.83. The molecule has 2 aromatic heterocycles. The summed E-state index contributed by atoms with van der Waals surface area (Å²) in [6.07, 6.45) is 6.34. The highest BCUT2D eigenvalue weighted by molar-refractivity contribution is 7.09. The van der Waals surface area contributed by atoms with E-state index >= 15 is 0 Å². The Morgan fingerprint density at radius 2 is 1.97 bits per heavy atom. The molecule has 0 amide bonds. The predicted octanol–water partition coefficient (Wildman–Crippen LogP) is 4.74. The van der Waals surface area contributed by atoms with Crippen molar-refractivity contribution >= 4 is 29.4 Å². The molecule has 0 unspecified atom stereocenters. The Balaban J connectivity index is 2.01. The number of aromatic nitrogens is 2. The van der Waals surface area contributed by atoms with Crippen LogP contribution in [0.2, 0.25) is 0 Å². The monoisotopic (exact) mass is 424 g/mol. The van der Waals surface area contributed by atoms with Gasteiger partial charge in [0.1, 0.15) is 5.82 Å². The average molecular weight is 425 g/mol. The van der Waals surface area contributed by atoms with Gasteiger partial charge in [-0.2, -0.15) is 0 Å². The van der Waals surface area contributed by atoms with Gasteiger partial charge in [0.05, 0.1) is 24.0 Å². The number of benzene rings is 1. The van der Waals surface area contributed by atoms with Crippen molar-refractivity contribution in [1.82, 2.24) is 9.55 Å². The molecule has 2 heterocycles. The number of carbonyl (C=O) groups is 2. The molecule has 0 bridgehead atoms. The molecular weight excluding hydrogens is 400 g/mol. The molecule has 3 aromatic rings. The number of aryl methyl sites for hydroxylation is 1. The van der Waals surface area contributed by atoms with Crippen molar-refractivity contribution in [3.63, 3.8) is 0 Å². The highest BCUT2D eigenvalue weighted by atomic mass is 32.1. The molecule has 0 aliphatic rings. The maximum atomic E-state index is 11.9. The molecule has 1 aromatic carbocycles. The Morgan fingerprint density at radius 1 is 1.17 bits per heavy atom. The number of aromatic carboxylic acids is 1. The maximum absolute atomic E-state index is 11.9. The number of unbranched alkanes of at least 4 members (excludes halogenated alkanes) is 1. The SMILES string of the molecule is CCCCc1ncc(C=C(Cc2cccs2)C(=O)O)n1Cc1ccccc1C(=O)O. The van der Waals surface area contributed by atoms with Crippen LogP contribution in [0.15, 0.2) is 53.5 Å². The van der Waals surface area contributed by atoms with E-state index in [-0.39, 0.29) is 11.1 Å². The van der Waals surface area contributed by atoms with Gasteiger partial charge in [-0.1, -0.05) is 37.6 Å². The van der Waals surface area contributed by atoms with Crippen LogP contribution in [-0.4, -0.2) is 31.7 Å². The second-order valence-electron chi connectivity index (χ2n) is 6.98. The topological polar surface area (TPSA) is 92.4 Å². The highest BCUT2D eigenvalue weighted by Crippen LogP contribution is 2.21. The fraction of sp³-hybridized carbons (Fsp3) is 0.261. The largest absolute Gasteiger partial charge is 0.478 e. The third-order valence-electron chi connectivity index (χ3n) is 4.84. The average Bonchev–Trinajstić information content (AvgIpc) is 3.36. The zero-order chi connectivity index (χ0) is 21.5. The number of aliphatic carboxylic acids is 1. The Hall–Kier alpha value is -3.19. The number of carboxylic acids is 2. The van der Waals surface area contributed by atoms with Gasteiger partial charge < -0.3 is 14.8 Å². The minimum atomic E-state index is -0.984. The number of imidazole rings is 1. The minimum absolute atomic E-state index is 0.236. The number of nitrogens with zero attached hydrogens (tertiary/aromatic N) is 2. The van der Waals surface area contributed by atoms with E-state index in [0.717, 1.165) is 30.0 Å². The van der Waals surface area contributed by atoms with Crippen LogP contribution in [0.25, 0.3) is 6.08 Å². The smallest absolute Gasteiger partial charge is 0.336 e. The number of hydrogen-bond donors (Lipinski definition) is 2. The van der Waals surface area contributed by atoms with Crippen molar-refractivity contribution in [3.8, 4) is 0 Å². The van der Waals surface area contributed by atoms with Crippen LogP contribution in [0.4, 0.5) is 0 Å². The van der Waals surface area contributed by atoms with Gasteiger partial charge in [0.15, 0.2) is 0 Å². The first-order valence-corrected chi connectivity index (χ1v) is 10.7. The van der Waals surface area contributed by atoms with Crippen molar-refractivity contribution < 1.29 is 19.8 Å². The minimum Gasteiger partial charge on any atom is -0.478 e. The molecule has 0 radical (unpaired) electrons. The maximum Gasteiger partial charge on any atom is 0.336 e. The molecule has 0 saturated heterocycles. The van der Waals surface area contributed by atoms with Gasteiger partial charge in [-0.25, -0.2) is 14.6 Å². The lowest BCUT2D eigenvalue weighted by molar-refractivity contribution is -0.132. The van der Waals surface area contributed by atoms with E-state index < -0.39 is 11.9 Å². The lowest BCUT2D eigenvalue weighted by atomic mass is 10.1. The van der Waals surface area contributed by atoms with Crippen LogP contribution >= 0.6 is 11.3 Å². The summed E-state index contributed by atoms with van der Waals surface area (Å²) in [5.74, 6) is -1.14. The number of hydrogen-bond acceptors (Lipinski definition) is 4. The second-order valence-corrected chi connectivity index (χ2v) is 8.01. The van der Waals surface area contributed by atoms with E-state index in [0.29, 0.717) is 24.2 Å². The molecule has 0 saturated carbocycles. The molecule has 0 aliphatic heterocycles. The summed E-state index contributed by atoms with van der Waals surface area (Å²) >= 11 is 1.52. The van der Waals surface area contributed by atoms with E-state index in [4.69, 9.17) is 0 Å². The van der Waals surface area contributed by atoms with E-state index in [9.17, 15) is 19.8 Å². The fourth-order valence-corrected chi connectivity index (χ4v) is 3.99. The first-order chi connectivity index (χ1) is 14.5. The summed E-state index contributed by atoms with van der Waals surface area (Å²) < 4.78 is 1.93. The summed E-state index contributed by atoms with van der Waals surface area (Å²) in [6, 6.07) is 10.7. The molecular formula is C23H24N2O4S. The molecule has 3 rings (SSSR count). The second kappa shape index (κ2) is 10.0. The Kier molecular flexibility index (Phi) is 7.19. The third-order valence-corrected chi connectivity index (χ3v) is 5.72. The van der Waals surface area contributed by atoms with Crippen molar-refractivity contribution in [1.29, 1.82) is 0 Å². The standard InChI is InChI=1S/C23H24N2O4S/c1-2-3-10-21-24-14-18(12-17(22(26)27)13-19-8-6-11-30-19)25(21)15-16-7-4-5-9-20(16)23(28)29/h4-9,11-12,14H,2-3,10,13,15H2,1H3,(H,26,27)(H,28,29). The Labute approximate surface area is 179 Å². The molecule has 0 spiro atoms. The van der Waals surface area contributed by atoms with Gasteiger partial charge in [0, 0.05) is 23.3 Å². The summed E-state index contributed by atoms with van der Waals surface area (Å²) in [4.78, 5) is 29.0. The lowest BCUT2D eigenvalue weighted by Gasteiger charge is -2.13. The first kappa shape index (κ1) is 21.5. The van der Waals surface area contributed by atoms with Gasteiger partial charge in [-0.3, -0.25) is 0 Å². The highest BCUT2D eigenvalue weighted by Gasteiger charge is 2.16. The van der Waals surface area contributed by atoms with E-state index in [1.165, 1.54) is 11.3 Å². The van der Waals surface area contributed by atoms with Gasteiger partial charge in [-0.15, -0.1) is 11.3 Å². The number of rotatable bonds is 10. The van der Waals surface area contributed by atoms with Crippen molar-refractivity contribution in [2.45, 2.75) is 39.2 Å². The van der Waals surface area contributed by atoms with Crippen LogP contribution < -0.4 is 0 Å². The van der Waals surface area contributed by atoms with Crippen molar-refractivity contribution in [2.75, 3.05) is 0 Å². The third kappa shape index (κ3) is 5.24. The van der Waals surface area contributed by atoms with Crippen LogP contribution in [0, 0.1) is 0 Å². The van der Waals surface area contributed by atoms with E-state index in [1.54, 1.807) is 36.5 Å². The van der Waals surface area contributed by atoms with Gasteiger partial charge >= 0.3 is 11.9 Å². The Bertz CT molecular complexity index is 1050. The fourth-order valence-electron chi connectivity index (χ4n) is 3.27. The summed E-state index contributed by atoms with van der Waals surface area (Å²) in [5, 5.41) is 21.2. The van der Waals surface area contributed by atoms with Gasteiger partial charge in [0.2, 0.25) is 0 Å². The zero-order valence-electron chi connectivity index (χ0n) is 16.7. The van der Waals surface area contributed by atoms with Crippen LogP contribution in [0.3, 0.4) is 0 Å². The van der Waals surface area contributed by atoms with Crippen molar-refractivity contribution in [3.05, 3.63) is 81.1 Å². The normalized spacial score (nSPS) is 11.6. The molecule has 0 aliphatic carbocycles. The van der Waals surface area contributed by atoms with Crippen LogP contribution in [0.1, 0.15) is 52.1 Å². The van der Waals surface area contributed by atoms with Crippen LogP contribution in [0.5, 0.6) is 0 Å². The molecule has 7 heteroatoms. The summed E-state index contributed by atoms with van der Waals surface area (Å²) in [7, 11) is 0. The first-order valence-electron chi connectivity index (χ1n) is 9.81.